The normalized spacial score (nSPS) is 10.5. The Morgan fingerprint density at radius 3 is 2.79 bits per heavy atom. The highest BCUT2D eigenvalue weighted by atomic mass is 32.1. The summed E-state index contributed by atoms with van der Waals surface area (Å²) in [6.07, 6.45) is 1.48. The van der Waals surface area contributed by atoms with E-state index in [2.05, 4.69) is 20.5 Å². The lowest BCUT2D eigenvalue weighted by Gasteiger charge is -2.08. The number of aromatic nitrogens is 4. The fourth-order valence-electron chi connectivity index (χ4n) is 2.20. The number of aryl methyl sites for hydroxylation is 1. The topological polar surface area (TPSA) is 95.8 Å². The lowest BCUT2D eigenvalue weighted by Crippen LogP contribution is -2.20. The van der Waals surface area contributed by atoms with Gasteiger partial charge >= 0.3 is 0 Å². The van der Waals surface area contributed by atoms with Gasteiger partial charge in [0.25, 0.3) is 0 Å². The van der Waals surface area contributed by atoms with Crippen molar-refractivity contribution in [3.8, 4) is 17.1 Å². The summed E-state index contributed by atoms with van der Waals surface area (Å²) < 4.78 is 1.93. The van der Waals surface area contributed by atoms with Gasteiger partial charge in [0.15, 0.2) is 22.2 Å². The van der Waals surface area contributed by atoms with Crippen LogP contribution in [0.4, 0.5) is 5.82 Å². The zero-order valence-corrected chi connectivity index (χ0v) is 13.7. The molecule has 0 aliphatic carbocycles. The summed E-state index contributed by atoms with van der Waals surface area (Å²) >= 11 is 5.21. The molecular weight excluding hydrogens is 326 g/mol. The van der Waals surface area contributed by atoms with Crippen LogP contribution in [-0.4, -0.2) is 30.8 Å². The third-order valence-electron chi connectivity index (χ3n) is 3.41. The van der Waals surface area contributed by atoms with Crippen LogP contribution in [0.1, 0.15) is 5.56 Å². The Bertz CT molecular complexity index is 930. The van der Waals surface area contributed by atoms with E-state index >= 15 is 0 Å². The van der Waals surface area contributed by atoms with E-state index in [-0.39, 0.29) is 24.0 Å². The Hall–Kier alpha value is -3.00. The molecule has 1 amide bonds. The van der Waals surface area contributed by atoms with E-state index in [4.69, 9.17) is 12.2 Å². The Morgan fingerprint density at radius 1 is 1.33 bits per heavy atom. The van der Waals surface area contributed by atoms with Crippen molar-refractivity contribution in [1.29, 1.82) is 0 Å². The SMILES string of the molecule is Cc1ccc(-c2n[nH]c(=S)n2CC(=O)Nc2ncccc2O)cc1. The van der Waals surface area contributed by atoms with E-state index in [1.54, 1.807) is 10.6 Å². The molecule has 0 saturated heterocycles. The minimum Gasteiger partial charge on any atom is -0.504 e. The van der Waals surface area contributed by atoms with Crippen molar-refractivity contribution in [2.24, 2.45) is 0 Å². The molecule has 0 radical (unpaired) electrons. The Balaban J connectivity index is 1.84. The maximum absolute atomic E-state index is 12.3. The molecule has 0 aliphatic heterocycles. The molecule has 0 bridgehead atoms. The van der Waals surface area contributed by atoms with Gasteiger partial charge in [-0.05, 0) is 31.3 Å². The quantitative estimate of drug-likeness (QED) is 0.634. The van der Waals surface area contributed by atoms with Crippen LogP contribution in [0, 0.1) is 11.7 Å². The van der Waals surface area contributed by atoms with Crippen LogP contribution in [0.5, 0.6) is 5.75 Å². The van der Waals surface area contributed by atoms with E-state index in [0.29, 0.717) is 10.6 Å². The van der Waals surface area contributed by atoms with Gasteiger partial charge in [-0.1, -0.05) is 29.8 Å². The number of benzene rings is 1. The largest absolute Gasteiger partial charge is 0.504 e. The number of nitrogens with zero attached hydrogens (tertiary/aromatic N) is 3. The van der Waals surface area contributed by atoms with E-state index in [1.165, 1.54) is 12.3 Å². The molecule has 7 nitrogen and oxygen atoms in total. The molecule has 1 aromatic carbocycles. The molecule has 8 heteroatoms. The fourth-order valence-corrected chi connectivity index (χ4v) is 2.39. The van der Waals surface area contributed by atoms with Crippen LogP contribution < -0.4 is 5.32 Å². The van der Waals surface area contributed by atoms with Gasteiger partial charge in [-0.2, -0.15) is 5.10 Å². The van der Waals surface area contributed by atoms with Crippen LogP contribution in [0.25, 0.3) is 11.4 Å². The van der Waals surface area contributed by atoms with Gasteiger partial charge in [0.2, 0.25) is 5.91 Å². The number of anilines is 1. The second kappa shape index (κ2) is 6.63. The number of aromatic hydroxyl groups is 1. The molecule has 0 atom stereocenters. The van der Waals surface area contributed by atoms with E-state index in [0.717, 1.165) is 11.1 Å². The average Bonchev–Trinajstić information content (AvgIpc) is 2.91. The van der Waals surface area contributed by atoms with Crippen LogP contribution in [0.15, 0.2) is 42.6 Å². The number of pyridine rings is 1. The van der Waals surface area contributed by atoms with Crippen molar-refractivity contribution in [2.75, 3.05) is 5.32 Å². The molecule has 2 aromatic heterocycles. The number of aromatic amines is 1. The molecule has 3 aromatic rings. The molecular formula is C16H15N5O2S. The lowest BCUT2D eigenvalue weighted by atomic mass is 10.1. The first-order valence-corrected chi connectivity index (χ1v) is 7.61. The fraction of sp³-hybridized carbons (Fsp3) is 0.125. The zero-order chi connectivity index (χ0) is 17.1. The average molecular weight is 341 g/mol. The highest BCUT2D eigenvalue weighted by molar-refractivity contribution is 7.71. The van der Waals surface area contributed by atoms with Gasteiger partial charge in [-0.3, -0.25) is 14.5 Å². The Labute approximate surface area is 143 Å². The third kappa shape index (κ3) is 3.33. The van der Waals surface area contributed by atoms with E-state index < -0.39 is 0 Å². The molecule has 3 N–H and O–H groups in total. The van der Waals surface area contributed by atoms with Crippen molar-refractivity contribution in [3.05, 3.63) is 52.9 Å². The first kappa shape index (κ1) is 15.9. The second-order valence-corrected chi connectivity index (χ2v) is 5.61. The molecule has 0 aliphatic rings. The zero-order valence-electron chi connectivity index (χ0n) is 12.9. The molecule has 3 rings (SSSR count). The number of hydrogen-bond acceptors (Lipinski definition) is 5. The summed E-state index contributed by atoms with van der Waals surface area (Å²) in [5.41, 5.74) is 1.98. The van der Waals surface area contributed by atoms with Gasteiger partial charge in [-0.25, -0.2) is 4.98 Å². The van der Waals surface area contributed by atoms with E-state index in [1.807, 2.05) is 31.2 Å². The minimum atomic E-state index is -0.366. The van der Waals surface area contributed by atoms with Crippen molar-refractivity contribution in [1.82, 2.24) is 19.7 Å². The van der Waals surface area contributed by atoms with Crippen LogP contribution in [-0.2, 0) is 11.3 Å². The number of nitrogens with one attached hydrogen (secondary N) is 2. The smallest absolute Gasteiger partial charge is 0.245 e. The summed E-state index contributed by atoms with van der Waals surface area (Å²) in [7, 11) is 0. The molecule has 24 heavy (non-hydrogen) atoms. The molecule has 122 valence electrons. The molecule has 0 spiro atoms. The molecule has 2 heterocycles. The minimum absolute atomic E-state index is 0.0471. The summed E-state index contributed by atoms with van der Waals surface area (Å²) in [6, 6.07) is 10.8. The summed E-state index contributed by atoms with van der Waals surface area (Å²) in [5.74, 6) is 0.213. The number of rotatable bonds is 4. The molecule has 0 saturated carbocycles. The van der Waals surface area contributed by atoms with Crippen molar-refractivity contribution in [2.45, 2.75) is 13.5 Å². The van der Waals surface area contributed by atoms with Crippen molar-refractivity contribution in [3.63, 3.8) is 0 Å². The van der Waals surface area contributed by atoms with Gasteiger partial charge in [0.1, 0.15) is 6.54 Å². The summed E-state index contributed by atoms with van der Waals surface area (Å²) in [6.45, 7) is 1.95. The van der Waals surface area contributed by atoms with Gasteiger partial charge in [0.05, 0.1) is 0 Å². The Kier molecular flexibility index (Phi) is 4.39. The predicted molar refractivity (Wildman–Crippen MR) is 92.1 cm³/mol. The summed E-state index contributed by atoms with van der Waals surface area (Å²) in [4.78, 5) is 16.2. The highest BCUT2D eigenvalue weighted by Crippen LogP contribution is 2.20. The number of hydrogen-bond donors (Lipinski definition) is 3. The maximum Gasteiger partial charge on any atom is 0.245 e. The predicted octanol–water partition coefficient (Wildman–Crippen LogP) is 2.66. The monoisotopic (exact) mass is 341 g/mol. The Morgan fingerprint density at radius 2 is 2.08 bits per heavy atom. The number of carbonyl (C=O) groups excluding carboxylic acids is 1. The first-order chi connectivity index (χ1) is 11.5. The van der Waals surface area contributed by atoms with Crippen LogP contribution in [0.3, 0.4) is 0 Å². The second-order valence-electron chi connectivity index (χ2n) is 5.22. The number of amides is 1. The molecule has 0 fully saturated rings. The lowest BCUT2D eigenvalue weighted by molar-refractivity contribution is -0.116. The van der Waals surface area contributed by atoms with Crippen molar-refractivity contribution >= 4 is 23.9 Å². The number of H-pyrrole nitrogens is 1. The highest BCUT2D eigenvalue weighted by Gasteiger charge is 2.14. The third-order valence-corrected chi connectivity index (χ3v) is 3.73. The van der Waals surface area contributed by atoms with Gasteiger partial charge < -0.3 is 10.4 Å². The molecule has 0 unspecified atom stereocenters. The van der Waals surface area contributed by atoms with Gasteiger partial charge in [0, 0.05) is 11.8 Å². The maximum atomic E-state index is 12.3. The standard InChI is InChI=1S/C16H15N5O2S/c1-10-4-6-11(7-5-10)15-19-20-16(24)21(15)9-13(23)18-14-12(22)3-2-8-17-14/h2-8,22H,9H2,1H3,(H,20,24)(H,17,18,23). The van der Waals surface area contributed by atoms with Crippen LogP contribution in [0.2, 0.25) is 0 Å². The van der Waals surface area contributed by atoms with Crippen LogP contribution >= 0.6 is 12.2 Å². The van der Waals surface area contributed by atoms with Crippen molar-refractivity contribution < 1.29 is 9.90 Å². The number of carbonyl (C=O) groups is 1. The summed E-state index contributed by atoms with van der Waals surface area (Å²) in [5, 5.41) is 19.1. The van der Waals surface area contributed by atoms with E-state index in [9.17, 15) is 9.90 Å². The van der Waals surface area contributed by atoms with Gasteiger partial charge in [-0.15, -0.1) is 0 Å². The first-order valence-electron chi connectivity index (χ1n) is 7.20.